The zero-order valence-corrected chi connectivity index (χ0v) is 19.5. The van der Waals surface area contributed by atoms with Gasteiger partial charge in [-0.25, -0.2) is 4.99 Å². The normalized spacial score (nSPS) is 19.6. The van der Waals surface area contributed by atoms with Gasteiger partial charge < -0.3 is 24.4 Å². The molecule has 184 valence electrons. The number of carbonyl (C=O) groups excluding carboxylic acids is 3. The van der Waals surface area contributed by atoms with Gasteiger partial charge in [-0.2, -0.15) is 0 Å². The number of hydrogen-bond acceptors (Lipinski definition) is 8. The van der Waals surface area contributed by atoms with Crippen LogP contribution in [0.1, 0.15) is 50.5 Å². The van der Waals surface area contributed by atoms with Gasteiger partial charge in [-0.15, -0.1) is 0 Å². The minimum Gasteiger partial charge on any atom is -0.494 e. The summed E-state index contributed by atoms with van der Waals surface area (Å²) in [5, 5.41) is 12.2. The van der Waals surface area contributed by atoms with Crippen molar-refractivity contribution in [3.63, 3.8) is 0 Å². The van der Waals surface area contributed by atoms with E-state index in [2.05, 4.69) is 10.3 Å². The van der Waals surface area contributed by atoms with Gasteiger partial charge in [-0.05, 0) is 37.5 Å². The molecule has 1 unspecified atom stereocenters. The Labute approximate surface area is 198 Å². The molecule has 0 spiro atoms. The number of ether oxygens (including phenoxy) is 2. The van der Waals surface area contributed by atoms with Crippen molar-refractivity contribution in [3.05, 3.63) is 23.8 Å². The van der Waals surface area contributed by atoms with Gasteiger partial charge in [0.15, 0.2) is 0 Å². The van der Waals surface area contributed by atoms with E-state index in [1.807, 2.05) is 18.2 Å². The van der Waals surface area contributed by atoms with E-state index in [0.29, 0.717) is 37.7 Å². The Bertz CT molecular complexity index is 959. The lowest BCUT2D eigenvalue weighted by Gasteiger charge is -2.33. The smallest absolute Gasteiger partial charge is 0.325 e. The molecular weight excluding hydrogens is 440 g/mol. The summed E-state index contributed by atoms with van der Waals surface area (Å²) in [7, 11) is 1.34. The van der Waals surface area contributed by atoms with Crippen molar-refractivity contribution in [1.82, 2.24) is 15.1 Å². The first-order valence-electron chi connectivity index (χ1n) is 11.9. The summed E-state index contributed by atoms with van der Waals surface area (Å²) in [6.07, 6.45) is 5.99. The average molecular weight is 473 g/mol. The number of aliphatic imine (C=N–C) groups is 1. The highest BCUT2D eigenvalue weighted by Gasteiger charge is 2.38. The Kier molecular flexibility index (Phi) is 7.66. The van der Waals surface area contributed by atoms with Crippen LogP contribution in [-0.2, 0) is 25.7 Å². The number of amides is 2. The van der Waals surface area contributed by atoms with Crippen LogP contribution in [0.15, 0.2) is 23.2 Å². The minimum absolute atomic E-state index is 0.00310. The minimum atomic E-state index is -0.639. The summed E-state index contributed by atoms with van der Waals surface area (Å²) in [6, 6.07) is 4.98. The summed E-state index contributed by atoms with van der Waals surface area (Å²) in [4.78, 5) is 44.6. The van der Waals surface area contributed by atoms with Crippen LogP contribution < -0.4 is 10.1 Å². The van der Waals surface area contributed by atoms with E-state index in [9.17, 15) is 19.5 Å². The van der Waals surface area contributed by atoms with Crippen LogP contribution in [0.4, 0.5) is 5.69 Å². The summed E-state index contributed by atoms with van der Waals surface area (Å²) in [6.45, 7) is 0.519. The number of benzene rings is 1. The predicted octanol–water partition coefficient (Wildman–Crippen LogP) is 1.47. The number of aliphatic hydroxyl groups excluding tert-OH is 1. The van der Waals surface area contributed by atoms with Crippen molar-refractivity contribution in [2.75, 3.05) is 26.9 Å². The van der Waals surface area contributed by atoms with Gasteiger partial charge in [0, 0.05) is 24.6 Å². The standard InChI is InChI=1S/C24H32N4O6/c1-33-22(31)14-27(17-6-3-2-4-7-17)21(30)8-5-11-34-18-9-10-19-16(12-18)13-28-20(15-29)23(32)26-24(28)25-19/h9-10,12,17,20,29H,2-8,11,13-15H2,1H3,(H,25,26,32). The largest absolute Gasteiger partial charge is 0.494 e. The topological polar surface area (TPSA) is 121 Å². The van der Waals surface area contributed by atoms with E-state index in [4.69, 9.17) is 9.47 Å². The molecule has 0 bridgehead atoms. The molecule has 34 heavy (non-hydrogen) atoms. The number of guanidine groups is 1. The summed E-state index contributed by atoms with van der Waals surface area (Å²) >= 11 is 0. The molecule has 1 aromatic carbocycles. The number of methoxy groups -OCH3 is 1. The van der Waals surface area contributed by atoms with E-state index in [0.717, 1.165) is 36.9 Å². The molecular formula is C24H32N4O6. The van der Waals surface area contributed by atoms with Crippen molar-refractivity contribution in [3.8, 4) is 5.75 Å². The fraction of sp³-hybridized carbons (Fsp3) is 0.583. The Morgan fingerprint density at radius 1 is 1.26 bits per heavy atom. The highest BCUT2D eigenvalue weighted by Crippen LogP contribution is 2.32. The quantitative estimate of drug-likeness (QED) is 0.412. The number of fused-ring (bicyclic) bond motifs is 2. The molecule has 1 aromatic rings. The van der Waals surface area contributed by atoms with Crippen LogP contribution in [0.25, 0.3) is 0 Å². The second kappa shape index (κ2) is 10.9. The first-order valence-corrected chi connectivity index (χ1v) is 11.9. The van der Waals surface area contributed by atoms with Gasteiger partial charge in [0.2, 0.25) is 11.9 Å². The van der Waals surface area contributed by atoms with Crippen molar-refractivity contribution in [2.45, 2.75) is 63.6 Å². The second-order valence-corrected chi connectivity index (χ2v) is 8.88. The van der Waals surface area contributed by atoms with E-state index >= 15 is 0 Å². The van der Waals surface area contributed by atoms with Crippen molar-refractivity contribution >= 4 is 29.4 Å². The van der Waals surface area contributed by atoms with Crippen LogP contribution >= 0.6 is 0 Å². The third-order valence-electron chi connectivity index (χ3n) is 6.64. The average Bonchev–Trinajstić information content (AvgIpc) is 3.17. The molecule has 1 saturated carbocycles. The first kappa shape index (κ1) is 24.0. The number of nitrogens with one attached hydrogen (secondary N) is 1. The lowest BCUT2D eigenvalue weighted by atomic mass is 9.94. The molecule has 2 N–H and O–H groups in total. The molecule has 2 amide bonds. The summed E-state index contributed by atoms with van der Waals surface area (Å²) < 4.78 is 10.7. The van der Waals surface area contributed by atoms with Gasteiger partial charge in [-0.1, -0.05) is 19.3 Å². The Morgan fingerprint density at radius 2 is 2.06 bits per heavy atom. The molecule has 3 aliphatic rings. The van der Waals surface area contributed by atoms with Crippen molar-refractivity contribution < 1.29 is 29.0 Å². The molecule has 0 aromatic heterocycles. The number of esters is 1. The number of hydrogen-bond donors (Lipinski definition) is 2. The fourth-order valence-electron chi connectivity index (χ4n) is 4.77. The van der Waals surface area contributed by atoms with Gasteiger partial charge in [0.05, 0.1) is 26.0 Å². The molecule has 10 heteroatoms. The van der Waals surface area contributed by atoms with Crippen molar-refractivity contribution in [1.29, 1.82) is 0 Å². The molecule has 2 fully saturated rings. The van der Waals surface area contributed by atoms with Crippen LogP contribution in [0.2, 0.25) is 0 Å². The van der Waals surface area contributed by atoms with Crippen molar-refractivity contribution in [2.24, 2.45) is 4.99 Å². The number of carbonyl (C=O) groups is 3. The maximum Gasteiger partial charge on any atom is 0.325 e. The maximum absolute atomic E-state index is 12.9. The fourth-order valence-corrected chi connectivity index (χ4v) is 4.77. The number of rotatable bonds is 9. The van der Waals surface area contributed by atoms with E-state index in [1.54, 1.807) is 9.80 Å². The highest BCUT2D eigenvalue weighted by atomic mass is 16.5. The Morgan fingerprint density at radius 3 is 2.79 bits per heavy atom. The molecule has 1 saturated heterocycles. The molecule has 2 heterocycles. The van der Waals surface area contributed by atoms with E-state index in [1.165, 1.54) is 13.5 Å². The third kappa shape index (κ3) is 5.32. The number of nitrogens with zero attached hydrogens (tertiary/aromatic N) is 3. The third-order valence-corrected chi connectivity index (χ3v) is 6.64. The van der Waals surface area contributed by atoms with E-state index < -0.39 is 12.0 Å². The molecule has 1 atom stereocenters. The lowest BCUT2D eigenvalue weighted by molar-refractivity contribution is -0.149. The SMILES string of the molecule is COC(=O)CN(C(=O)CCCOc1ccc2c(c1)CN1C(=N2)NC(=O)C1CO)C1CCCCC1. The highest BCUT2D eigenvalue weighted by molar-refractivity contribution is 6.07. The van der Waals surface area contributed by atoms with Crippen LogP contribution in [0, 0.1) is 0 Å². The Balaban J connectivity index is 1.30. The zero-order valence-electron chi connectivity index (χ0n) is 19.5. The van der Waals surface area contributed by atoms with Crippen LogP contribution in [0.3, 0.4) is 0 Å². The predicted molar refractivity (Wildman–Crippen MR) is 123 cm³/mol. The molecule has 0 radical (unpaired) electrons. The van der Waals surface area contributed by atoms with Crippen LogP contribution in [-0.4, -0.2) is 77.6 Å². The van der Waals surface area contributed by atoms with Gasteiger partial charge in [0.1, 0.15) is 18.3 Å². The monoisotopic (exact) mass is 472 g/mol. The molecule has 2 aliphatic heterocycles. The first-order chi connectivity index (χ1) is 16.5. The number of aliphatic hydroxyl groups is 1. The molecule has 4 rings (SSSR count). The van der Waals surface area contributed by atoms with E-state index in [-0.39, 0.29) is 31.0 Å². The molecule has 10 nitrogen and oxygen atoms in total. The Hall–Kier alpha value is -3.14. The van der Waals surface area contributed by atoms with Crippen LogP contribution in [0.5, 0.6) is 5.75 Å². The summed E-state index contributed by atoms with van der Waals surface area (Å²) in [5.41, 5.74) is 1.65. The molecule has 1 aliphatic carbocycles. The van der Waals surface area contributed by atoms with Gasteiger partial charge in [0.25, 0.3) is 5.91 Å². The van der Waals surface area contributed by atoms with Gasteiger partial charge in [-0.3, -0.25) is 19.7 Å². The zero-order chi connectivity index (χ0) is 24.1. The van der Waals surface area contributed by atoms with Gasteiger partial charge >= 0.3 is 5.97 Å². The second-order valence-electron chi connectivity index (χ2n) is 8.88. The summed E-state index contributed by atoms with van der Waals surface area (Å²) in [5.74, 6) is 0.410. The maximum atomic E-state index is 12.9. The lowest BCUT2D eigenvalue weighted by Crippen LogP contribution is -2.44.